The molecule has 1 aliphatic rings. The van der Waals surface area contributed by atoms with Gasteiger partial charge in [0.1, 0.15) is 47.1 Å². The van der Waals surface area contributed by atoms with Crippen LogP contribution in [0, 0.1) is 22.7 Å². The van der Waals surface area contributed by atoms with E-state index in [1.807, 2.05) is 30.3 Å². The third-order valence-electron chi connectivity index (χ3n) is 5.29. The lowest BCUT2D eigenvalue weighted by Gasteiger charge is -2.36. The van der Waals surface area contributed by atoms with Crippen LogP contribution in [0.5, 0.6) is 5.75 Å². The summed E-state index contributed by atoms with van der Waals surface area (Å²) < 4.78 is 24.3. The number of hydrogen-bond donors (Lipinski definition) is 0. The summed E-state index contributed by atoms with van der Waals surface area (Å²) in [6.45, 7) is 1.22. The molecule has 172 valence electrons. The fourth-order valence-corrected chi connectivity index (χ4v) is 4.47. The molecule has 2 aromatic heterocycles. The summed E-state index contributed by atoms with van der Waals surface area (Å²) in [6.07, 6.45) is 0.752. The molecule has 0 unspecified atom stereocenters. The molecule has 0 saturated carbocycles. The van der Waals surface area contributed by atoms with E-state index in [1.165, 1.54) is 11.8 Å². The van der Waals surface area contributed by atoms with Gasteiger partial charge in [0.25, 0.3) is 0 Å². The van der Waals surface area contributed by atoms with Crippen LogP contribution in [0.1, 0.15) is 16.8 Å². The van der Waals surface area contributed by atoms with Crippen LogP contribution in [0.2, 0.25) is 0 Å². The van der Waals surface area contributed by atoms with Gasteiger partial charge in [-0.1, -0.05) is 30.0 Å². The highest BCUT2D eigenvalue weighted by atomic mass is 32.2. The predicted octanol–water partition coefficient (Wildman–Crippen LogP) is 4.36. The third kappa shape index (κ3) is 5.12. The predicted molar refractivity (Wildman–Crippen MR) is 127 cm³/mol. The van der Waals surface area contributed by atoms with Gasteiger partial charge in [-0.2, -0.15) is 10.5 Å². The maximum atomic E-state index is 13.7. The minimum absolute atomic E-state index is 0.170. The average molecular weight is 476 g/mol. The molecule has 1 fully saturated rings. The minimum atomic E-state index is -0.958. The molecule has 0 aliphatic carbocycles. The van der Waals surface area contributed by atoms with Gasteiger partial charge < -0.3 is 14.4 Å². The SMILES string of the molecule is COCCOc1ccc(-c2c(C#N)c(SCc3ccccn3)nc(N3CC(F)C3)c2C#N)cc1. The number of rotatable bonds is 9. The molecule has 4 rings (SSSR count). The molecule has 3 aromatic rings. The normalized spacial score (nSPS) is 13.1. The van der Waals surface area contributed by atoms with Crippen molar-refractivity contribution >= 4 is 17.6 Å². The number of ether oxygens (including phenoxy) is 2. The molecule has 0 radical (unpaired) electrons. The van der Waals surface area contributed by atoms with E-state index in [4.69, 9.17) is 9.47 Å². The lowest BCUT2D eigenvalue weighted by atomic mass is 9.95. The monoisotopic (exact) mass is 475 g/mol. The Labute approximate surface area is 201 Å². The molecule has 34 heavy (non-hydrogen) atoms. The Kier molecular flexibility index (Phi) is 7.58. The molecule has 9 heteroatoms. The van der Waals surface area contributed by atoms with Gasteiger partial charge in [0.15, 0.2) is 0 Å². The Morgan fingerprint density at radius 3 is 2.47 bits per heavy atom. The fourth-order valence-electron chi connectivity index (χ4n) is 3.57. The first-order chi connectivity index (χ1) is 16.6. The van der Waals surface area contributed by atoms with Gasteiger partial charge in [0.05, 0.1) is 31.0 Å². The second-order valence-electron chi connectivity index (χ2n) is 7.57. The Morgan fingerprint density at radius 2 is 1.85 bits per heavy atom. The van der Waals surface area contributed by atoms with Gasteiger partial charge in [-0.05, 0) is 29.8 Å². The average Bonchev–Trinajstić information content (AvgIpc) is 2.86. The van der Waals surface area contributed by atoms with Gasteiger partial charge in [-0.25, -0.2) is 9.37 Å². The molecule has 0 N–H and O–H groups in total. The van der Waals surface area contributed by atoms with Crippen molar-refractivity contribution in [3.8, 4) is 29.0 Å². The number of nitrogens with zero attached hydrogens (tertiary/aromatic N) is 5. The number of alkyl halides is 1. The highest BCUT2D eigenvalue weighted by Gasteiger charge is 2.32. The molecule has 1 aromatic carbocycles. The first-order valence-corrected chi connectivity index (χ1v) is 11.6. The molecular formula is C25H22FN5O2S. The number of benzene rings is 1. The molecule has 0 atom stereocenters. The summed E-state index contributed by atoms with van der Waals surface area (Å²) >= 11 is 1.37. The van der Waals surface area contributed by atoms with Gasteiger partial charge in [0.2, 0.25) is 0 Å². The summed E-state index contributed by atoms with van der Waals surface area (Å²) in [7, 11) is 1.60. The van der Waals surface area contributed by atoms with E-state index in [-0.39, 0.29) is 18.7 Å². The molecule has 1 saturated heterocycles. The van der Waals surface area contributed by atoms with Gasteiger partial charge in [0, 0.05) is 24.6 Å². The first-order valence-electron chi connectivity index (χ1n) is 10.7. The van der Waals surface area contributed by atoms with Crippen LogP contribution < -0.4 is 9.64 Å². The lowest BCUT2D eigenvalue weighted by molar-refractivity contribution is 0.146. The Hall–Kier alpha value is -3.66. The largest absolute Gasteiger partial charge is 0.491 e. The molecule has 1 aliphatic heterocycles. The van der Waals surface area contributed by atoms with Crippen molar-refractivity contribution in [1.82, 2.24) is 9.97 Å². The van der Waals surface area contributed by atoms with Crippen molar-refractivity contribution in [2.75, 3.05) is 38.3 Å². The lowest BCUT2D eigenvalue weighted by Crippen LogP contribution is -2.49. The van der Waals surface area contributed by atoms with Gasteiger partial charge >= 0.3 is 0 Å². The Morgan fingerprint density at radius 1 is 1.09 bits per heavy atom. The van der Waals surface area contributed by atoms with Crippen molar-refractivity contribution < 1.29 is 13.9 Å². The summed E-state index contributed by atoms with van der Waals surface area (Å²) in [6, 6.07) is 17.3. The van der Waals surface area contributed by atoms with Crippen LogP contribution in [0.25, 0.3) is 11.1 Å². The zero-order valence-corrected chi connectivity index (χ0v) is 19.4. The second kappa shape index (κ2) is 11.0. The van der Waals surface area contributed by atoms with E-state index >= 15 is 0 Å². The van der Waals surface area contributed by atoms with Crippen LogP contribution in [0.3, 0.4) is 0 Å². The number of nitriles is 2. The maximum absolute atomic E-state index is 13.7. The summed E-state index contributed by atoms with van der Waals surface area (Å²) in [5.74, 6) is 1.56. The van der Waals surface area contributed by atoms with Crippen molar-refractivity contribution in [1.29, 1.82) is 10.5 Å². The standard InChI is InChI=1S/C25H22FN5O2S/c1-32-10-11-33-20-7-5-17(6-8-20)23-21(12-27)24(31-14-18(26)15-31)30-25(22(23)13-28)34-16-19-4-2-3-9-29-19/h2-9,18H,10-11,14-16H2,1H3. The van der Waals surface area contributed by atoms with E-state index in [2.05, 4.69) is 22.1 Å². The number of methoxy groups -OCH3 is 1. The minimum Gasteiger partial charge on any atom is -0.491 e. The maximum Gasteiger partial charge on any atom is 0.148 e. The van der Waals surface area contributed by atoms with E-state index in [1.54, 1.807) is 30.3 Å². The number of pyridine rings is 2. The Bertz CT molecular complexity index is 1220. The second-order valence-corrected chi connectivity index (χ2v) is 8.53. The van der Waals surface area contributed by atoms with E-state index in [9.17, 15) is 14.9 Å². The number of thioether (sulfide) groups is 1. The van der Waals surface area contributed by atoms with Crippen molar-refractivity contribution in [3.63, 3.8) is 0 Å². The quantitative estimate of drug-likeness (QED) is 0.333. The van der Waals surface area contributed by atoms with Crippen molar-refractivity contribution in [3.05, 3.63) is 65.5 Å². The first kappa shape index (κ1) is 23.5. The van der Waals surface area contributed by atoms with Crippen LogP contribution in [-0.2, 0) is 10.5 Å². The Balaban J connectivity index is 1.76. The smallest absolute Gasteiger partial charge is 0.148 e. The van der Waals surface area contributed by atoms with Crippen LogP contribution >= 0.6 is 11.8 Å². The number of anilines is 1. The molecule has 3 heterocycles. The molecule has 7 nitrogen and oxygen atoms in total. The van der Waals surface area contributed by atoms with Crippen molar-refractivity contribution in [2.24, 2.45) is 0 Å². The highest BCUT2D eigenvalue weighted by Crippen LogP contribution is 2.40. The van der Waals surface area contributed by atoms with Crippen LogP contribution in [0.15, 0.2) is 53.7 Å². The summed E-state index contributed by atoms with van der Waals surface area (Å²) in [5.41, 5.74) is 2.60. The zero-order chi connectivity index (χ0) is 23.9. The number of aromatic nitrogens is 2. The highest BCUT2D eigenvalue weighted by molar-refractivity contribution is 7.98. The van der Waals surface area contributed by atoms with Gasteiger partial charge in [-0.3, -0.25) is 4.98 Å². The van der Waals surface area contributed by atoms with Crippen LogP contribution in [-0.4, -0.2) is 49.6 Å². The summed E-state index contributed by atoms with van der Waals surface area (Å²) in [5, 5.41) is 20.6. The van der Waals surface area contributed by atoms with E-state index < -0.39 is 6.17 Å². The summed E-state index contributed by atoms with van der Waals surface area (Å²) in [4.78, 5) is 10.7. The van der Waals surface area contributed by atoms with Crippen molar-refractivity contribution in [2.45, 2.75) is 17.0 Å². The zero-order valence-electron chi connectivity index (χ0n) is 18.6. The molecular weight excluding hydrogens is 453 g/mol. The number of hydrogen-bond acceptors (Lipinski definition) is 8. The molecule has 0 spiro atoms. The molecule has 0 bridgehead atoms. The third-order valence-corrected chi connectivity index (χ3v) is 6.30. The number of halogens is 1. The van der Waals surface area contributed by atoms with Crippen LogP contribution in [0.4, 0.5) is 10.2 Å². The fraction of sp³-hybridized carbons (Fsp3) is 0.280. The van der Waals surface area contributed by atoms with E-state index in [0.717, 1.165) is 5.69 Å². The molecule has 0 amide bonds. The topological polar surface area (TPSA) is 95.1 Å². The van der Waals surface area contributed by atoms with Gasteiger partial charge in [-0.15, -0.1) is 0 Å². The van der Waals surface area contributed by atoms with E-state index in [0.29, 0.717) is 52.3 Å².